The molecule has 1 aliphatic heterocycles. The topological polar surface area (TPSA) is 79.5 Å². The summed E-state index contributed by atoms with van der Waals surface area (Å²) in [6.45, 7) is 1.78. The average molecular weight is 374 g/mol. The van der Waals surface area contributed by atoms with Crippen LogP contribution in [0.3, 0.4) is 0 Å². The van der Waals surface area contributed by atoms with Crippen molar-refractivity contribution in [2.75, 3.05) is 23.1 Å². The van der Waals surface area contributed by atoms with Crippen molar-refractivity contribution in [2.45, 2.75) is 25.8 Å². The molecule has 0 saturated carbocycles. The Hall–Kier alpha value is -2.73. The lowest BCUT2D eigenvalue weighted by Gasteiger charge is -2.20. The van der Waals surface area contributed by atoms with Crippen LogP contribution in [0.5, 0.6) is 5.75 Å². The minimum atomic E-state index is -0.452. The maximum Gasteiger partial charge on any atom is 0.246 e. The Morgan fingerprint density at radius 2 is 1.96 bits per heavy atom. The third-order valence-electron chi connectivity index (χ3n) is 4.20. The molecule has 2 aromatic carbocycles. The second-order valence-electron chi connectivity index (χ2n) is 6.12. The van der Waals surface area contributed by atoms with Gasteiger partial charge in [0.25, 0.3) is 0 Å². The summed E-state index contributed by atoms with van der Waals surface area (Å²) in [6, 6.07) is 10.3. The van der Waals surface area contributed by atoms with E-state index in [9.17, 15) is 9.59 Å². The fourth-order valence-electron chi connectivity index (χ4n) is 2.78. The molecule has 1 atom stereocenters. The van der Waals surface area contributed by atoms with Crippen molar-refractivity contribution in [3.63, 3.8) is 0 Å². The lowest BCUT2D eigenvalue weighted by Crippen LogP contribution is -2.32. The van der Waals surface area contributed by atoms with Gasteiger partial charge in [0.2, 0.25) is 11.8 Å². The van der Waals surface area contributed by atoms with Gasteiger partial charge in [-0.3, -0.25) is 9.59 Å². The molecule has 3 rings (SSSR count). The number of halogens is 1. The number of benzene rings is 2. The van der Waals surface area contributed by atoms with Crippen LogP contribution in [0.4, 0.5) is 17.1 Å². The predicted molar refractivity (Wildman–Crippen MR) is 103 cm³/mol. The van der Waals surface area contributed by atoms with Gasteiger partial charge in [0.05, 0.1) is 12.1 Å². The zero-order chi connectivity index (χ0) is 18.7. The Morgan fingerprint density at radius 3 is 2.69 bits per heavy atom. The van der Waals surface area contributed by atoms with Gasteiger partial charge in [-0.05, 0) is 55.3 Å². The highest BCUT2D eigenvalue weighted by molar-refractivity contribution is 6.32. The Bertz CT molecular complexity index is 854. The summed E-state index contributed by atoms with van der Waals surface area (Å²) in [7, 11) is 1.54. The van der Waals surface area contributed by atoms with Crippen molar-refractivity contribution in [1.82, 2.24) is 0 Å². The third kappa shape index (κ3) is 4.08. The first-order valence-corrected chi connectivity index (χ1v) is 8.68. The molecule has 136 valence electrons. The lowest BCUT2D eigenvalue weighted by atomic mass is 10.0. The van der Waals surface area contributed by atoms with E-state index in [2.05, 4.69) is 16.0 Å². The van der Waals surface area contributed by atoms with Crippen LogP contribution in [0.25, 0.3) is 0 Å². The number of hydrogen-bond acceptors (Lipinski definition) is 4. The molecule has 26 heavy (non-hydrogen) atoms. The molecule has 2 amide bonds. The number of fused-ring (bicyclic) bond motifs is 1. The van der Waals surface area contributed by atoms with E-state index in [1.807, 2.05) is 18.2 Å². The molecule has 0 fully saturated rings. The molecular weight excluding hydrogens is 354 g/mol. The number of amides is 2. The third-order valence-corrected chi connectivity index (χ3v) is 4.49. The zero-order valence-corrected chi connectivity index (χ0v) is 15.3. The predicted octanol–water partition coefficient (Wildman–Crippen LogP) is 3.67. The minimum absolute atomic E-state index is 0.0316. The first-order chi connectivity index (χ1) is 12.5. The van der Waals surface area contributed by atoms with Crippen LogP contribution in [-0.4, -0.2) is 25.0 Å². The van der Waals surface area contributed by atoms with E-state index in [0.29, 0.717) is 29.3 Å². The van der Waals surface area contributed by atoms with E-state index in [-0.39, 0.29) is 11.8 Å². The molecule has 1 unspecified atom stereocenters. The SMILES string of the molecule is COc1ccc(NC(=O)C(C)Nc2ccc3c(c2)CCC(=O)N3)cc1Cl. The van der Waals surface area contributed by atoms with E-state index in [0.717, 1.165) is 16.9 Å². The minimum Gasteiger partial charge on any atom is -0.495 e. The van der Waals surface area contributed by atoms with Gasteiger partial charge in [0.1, 0.15) is 11.8 Å². The number of anilines is 3. The maximum absolute atomic E-state index is 12.4. The summed E-state index contributed by atoms with van der Waals surface area (Å²) < 4.78 is 5.10. The van der Waals surface area contributed by atoms with Crippen molar-refractivity contribution in [3.8, 4) is 5.75 Å². The van der Waals surface area contributed by atoms with E-state index in [4.69, 9.17) is 16.3 Å². The summed E-state index contributed by atoms with van der Waals surface area (Å²) in [5, 5.41) is 9.28. The molecular formula is C19H20ClN3O3. The van der Waals surface area contributed by atoms with Crippen molar-refractivity contribution in [2.24, 2.45) is 0 Å². The number of aryl methyl sites for hydroxylation is 1. The van der Waals surface area contributed by atoms with Crippen molar-refractivity contribution >= 4 is 40.5 Å². The fourth-order valence-corrected chi connectivity index (χ4v) is 3.04. The summed E-state index contributed by atoms with van der Waals surface area (Å²) in [4.78, 5) is 23.8. The second kappa shape index (κ2) is 7.66. The van der Waals surface area contributed by atoms with Gasteiger partial charge in [-0.2, -0.15) is 0 Å². The molecule has 0 bridgehead atoms. The summed E-state index contributed by atoms with van der Waals surface area (Å²) in [5.74, 6) is 0.401. The van der Waals surface area contributed by atoms with Gasteiger partial charge in [-0.25, -0.2) is 0 Å². The number of ether oxygens (including phenoxy) is 1. The van der Waals surface area contributed by atoms with Gasteiger partial charge in [0.15, 0.2) is 0 Å². The van der Waals surface area contributed by atoms with Crippen LogP contribution in [-0.2, 0) is 16.0 Å². The first-order valence-electron chi connectivity index (χ1n) is 8.30. The summed E-state index contributed by atoms with van der Waals surface area (Å²) in [6.07, 6.45) is 1.17. The molecule has 7 heteroatoms. The number of methoxy groups -OCH3 is 1. The Balaban J connectivity index is 1.64. The molecule has 0 aromatic heterocycles. The highest BCUT2D eigenvalue weighted by atomic mass is 35.5. The highest BCUT2D eigenvalue weighted by Gasteiger charge is 2.17. The smallest absolute Gasteiger partial charge is 0.246 e. The van der Waals surface area contributed by atoms with Crippen LogP contribution in [0.15, 0.2) is 36.4 Å². The van der Waals surface area contributed by atoms with Crippen molar-refractivity contribution in [1.29, 1.82) is 0 Å². The zero-order valence-electron chi connectivity index (χ0n) is 14.6. The van der Waals surface area contributed by atoms with Crippen LogP contribution in [0.1, 0.15) is 18.9 Å². The molecule has 1 heterocycles. The fraction of sp³-hybridized carbons (Fsp3) is 0.263. The largest absolute Gasteiger partial charge is 0.495 e. The molecule has 3 N–H and O–H groups in total. The van der Waals surface area contributed by atoms with Crippen LogP contribution >= 0.6 is 11.6 Å². The molecule has 0 radical (unpaired) electrons. The summed E-state index contributed by atoms with van der Waals surface area (Å²) >= 11 is 6.08. The molecule has 2 aromatic rings. The van der Waals surface area contributed by atoms with Gasteiger partial charge in [0, 0.05) is 23.5 Å². The number of hydrogen-bond donors (Lipinski definition) is 3. The monoisotopic (exact) mass is 373 g/mol. The molecule has 1 aliphatic rings. The number of nitrogens with one attached hydrogen (secondary N) is 3. The van der Waals surface area contributed by atoms with Gasteiger partial charge >= 0.3 is 0 Å². The highest BCUT2D eigenvalue weighted by Crippen LogP contribution is 2.28. The number of rotatable bonds is 5. The number of carbonyl (C=O) groups excluding carboxylic acids is 2. The second-order valence-corrected chi connectivity index (χ2v) is 6.53. The van der Waals surface area contributed by atoms with E-state index in [1.54, 1.807) is 25.1 Å². The van der Waals surface area contributed by atoms with Gasteiger partial charge in [-0.1, -0.05) is 11.6 Å². The molecule has 6 nitrogen and oxygen atoms in total. The van der Waals surface area contributed by atoms with Crippen LogP contribution in [0, 0.1) is 0 Å². The van der Waals surface area contributed by atoms with E-state index in [1.165, 1.54) is 7.11 Å². The Labute approximate surface area is 156 Å². The van der Waals surface area contributed by atoms with E-state index >= 15 is 0 Å². The molecule has 0 saturated heterocycles. The van der Waals surface area contributed by atoms with Crippen LogP contribution < -0.4 is 20.7 Å². The van der Waals surface area contributed by atoms with E-state index < -0.39 is 6.04 Å². The maximum atomic E-state index is 12.4. The normalized spacial score (nSPS) is 14.0. The van der Waals surface area contributed by atoms with Crippen molar-refractivity contribution < 1.29 is 14.3 Å². The lowest BCUT2D eigenvalue weighted by molar-refractivity contribution is -0.117. The quantitative estimate of drug-likeness (QED) is 0.747. The van der Waals surface area contributed by atoms with Gasteiger partial charge in [-0.15, -0.1) is 0 Å². The average Bonchev–Trinajstić information content (AvgIpc) is 2.62. The molecule has 0 spiro atoms. The first kappa shape index (κ1) is 18.1. The Morgan fingerprint density at radius 1 is 1.19 bits per heavy atom. The van der Waals surface area contributed by atoms with Gasteiger partial charge < -0.3 is 20.7 Å². The standard InChI is InChI=1S/C19H20ClN3O3/c1-11(19(25)22-14-5-7-17(26-2)15(20)10-14)21-13-4-6-16-12(9-13)3-8-18(24)23-16/h4-7,9-11,21H,3,8H2,1-2H3,(H,22,25)(H,23,24). The summed E-state index contributed by atoms with van der Waals surface area (Å²) in [5.41, 5.74) is 3.32. The molecule has 0 aliphatic carbocycles. The number of carbonyl (C=O) groups is 2. The van der Waals surface area contributed by atoms with Crippen molar-refractivity contribution in [3.05, 3.63) is 47.0 Å². The van der Waals surface area contributed by atoms with Crippen LogP contribution in [0.2, 0.25) is 5.02 Å². The Kier molecular flexibility index (Phi) is 5.32.